The maximum absolute atomic E-state index is 6.21. The van der Waals surface area contributed by atoms with E-state index < -0.39 is 0 Å². The third-order valence-corrected chi connectivity index (χ3v) is 4.02. The van der Waals surface area contributed by atoms with Crippen LogP contribution in [-0.2, 0) is 6.54 Å². The van der Waals surface area contributed by atoms with E-state index in [0.29, 0.717) is 16.2 Å². The summed E-state index contributed by atoms with van der Waals surface area (Å²) < 4.78 is 0. The number of aromatic nitrogens is 1. The lowest BCUT2D eigenvalue weighted by Crippen LogP contribution is -2.44. The Morgan fingerprint density at radius 3 is 3.00 bits per heavy atom. The molecule has 0 aromatic carbocycles. The molecule has 1 N–H and O–H groups in total. The van der Waals surface area contributed by atoms with E-state index in [1.165, 1.54) is 19.3 Å². The Labute approximate surface area is 118 Å². The summed E-state index contributed by atoms with van der Waals surface area (Å²) in [5.74, 6) is 0. The predicted molar refractivity (Wildman–Crippen MR) is 76.2 cm³/mol. The second-order valence-electron chi connectivity index (χ2n) is 4.78. The molecule has 3 nitrogen and oxygen atoms in total. The van der Waals surface area contributed by atoms with E-state index in [9.17, 15) is 0 Å². The Morgan fingerprint density at radius 1 is 1.44 bits per heavy atom. The van der Waals surface area contributed by atoms with Crippen molar-refractivity contribution in [2.75, 3.05) is 20.1 Å². The number of likely N-dealkylation sites (tertiary alicyclic amines) is 1. The molecule has 1 aliphatic rings. The highest BCUT2D eigenvalue weighted by Crippen LogP contribution is 2.24. The Hall–Kier alpha value is -0.350. The van der Waals surface area contributed by atoms with Crippen molar-refractivity contribution in [2.45, 2.75) is 31.8 Å². The highest BCUT2D eigenvalue weighted by Gasteiger charge is 2.22. The first-order valence-corrected chi connectivity index (χ1v) is 7.15. The van der Waals surface area contributed by atoms with Gasteiger partial charge in [0.15, 0.2) is 0 Å². The van der Waals surface area contributed by atoms with Gasteiger partial charge in [-0.1, -0.05) is 29.6 Å². The monoisotopic (exact) mass is 287 g/mol. The number of hydrogen-bond donors (Lipinski definition) is 1. The maximum Gasteiger partial charge on any atom is 0.130 e. The van der Waals surface area contributed by atoms with Crippen LogP contribution in [0.1, 0.15) is 24.8 Å². The van der Waals surface area contributed by atoms with Crippen molar-refractivity contribution in [1.82, 2.24) is 15.2 Å². The van der Waals surface area contributed by atoms with Gasteiger partial charge in [0, 0.05) is 35.9 Å². The first-order valence-electron chi connectivity index (χ1n) is 6.39. The molecule has 5 heteroatoms. The zero-order chi connectivity index (χ0) is 13.0. The number of rotatable bonds is 4. The van der Waals surface area contributed by atoms with E-state index in [4.69, 9.17) is 23.2 Å². The van der Waals surface area contributed by atoms with Crippen molar-refractivity contribution < 1.29 is 0 Å². The lowest BCUT2D eigenvalue weighted by Gasteiger charge is -2.35. The fourth-order valence-corrected chi connectivity index (χ4v) is 2.93. The average Bonchev–Trinajstić information content (AvgIpc) is 2.35. The van der Waals surface area contributed by atoms with E-state index in [0.717, 1.165) is 25.2 Å². The van der Waals surface area contributed by atoms with Crippen molar-refractivity contribution in [1.29, 1.82) is 0 Å². The van der Waals surface area contributed by atoms with Crippen molar-refractivity contribution >= 4 is 23.2 Å². The van der Waals surface area contributed by atoms with Gasteiger partial charge in [0.2, 0.25) is 0 Å². The molecule has 0 aliphatic carbocycles. The van der Waals surface area contributed by atoms with Crippen LogP contribution in [0.4, 0.5) is 0 Å². The molecule has 1 unspecified atom stereocenters. The van der Waals surface area contributed by atoms with Crippen molar-refractivity contribution in [3.63, 3.8) is 0 Å². The van der Waals surface area contributed by atoms with Gasteiger partial charge in [-0.2, -0.15) is 0 Å². The van der Waals surface area contributed by atoms with Crippen LogP contribution in [0.2, 0.25) is 10.2 Å². The molecular weight excluding hydrogens is 269 g/mol. The summed E-state index contributed by atoms with van der Waals surface area (Å²) >= 11 is 12.0. The molecule has 1 atom stereocenters. The van der Waals surface area contributed by atoms with Gasteiger partial charge >= 0.3 is 0 Å². The number of nitrogens with one attached hydrogen (secondary N) is 1. The molecule has 0 radical (unpaired) electrons. The summed E-state index contributed by atoms with van der Waals surface area (Å²) in [6.07, 6.45) is 5.61. The topological polar surface area (TPSA) is 28.2 Å². The second-order valence-corrected chi connectivity index (χ2v) is 5.57. The molecule has 18 heavy (non-hydrogen) atoms. The van der Waals surface area contributed by atoms with E-state index in [1.54, 1.807) is 12.3 Å². The van der Waals surface area contributed by atoms with Crippen LogP contribution in [0, 0.1) is 0 Å². The fraction of sp³-hybridized carbons (Fsp3) is 0.615. The minimum atomic E-state index is 0.453. The van der Waals surface area contributed by atoms with Gasteiger partial charge in [0.05, 0.1) is 0 Å². The Kier molecular flexibility index (Phi) is 5.25. The van der Waals surface area contributed by atoms with Crippen molar-refractivity contribution in [3.05, 3.63) is 28.0 Å². The van der Waals surface area contributed by atoms with E-state index >= 15 is 0 Å². The Morgan fingerprint density at radius 2 is 2.28 bits per heavy atom. The summed E-state index contributed by atoms with van der Waals surface area (Å²) in [6.45, 7) is 3.01. The van der Waals surface area contributed by atoms with Gasteiger partial charge < -0.3 is 5.32 Å². The second kappa shape index (κ2) is 6.71. The minimum Gasteiger partial charge on any atom is -0.318 e. The normalized spacial score (nSPS) is 21.2. The number of likely N-dealkylation sites (N-methyl/N-ethyl adjacent to an activating group) is 1. The number of halogens is 2. The first-order chi connectivity index (χ1) is 8.70. The molecule has 2 rings (SSSR count). The summed E-state index contributed by atoms with van der Waals surface area (Å²) in [7, 11) is 2.00. The van der Waals surface area contributed by atoms with Gasteiger partial charge in [-0.15, -0.1) is 0 Å². The van der Waals surface area contributed by atoms with E-state index in [1.807, 2.05) is 7.05 Å². The van der Waals surface area contributed by atoms with Crippen LogP contribution in [0.3, 0.4) is 0 Å². The SMILES string of the molecule is CNCC1CCCCN1Cc1cnc(Cl)cc1Cl. The highest BCUT2D eigenvalue weighted by atomic mass is 35.5. The number of pyridine rings is 1. The Balaban J connectivity index is 2.06. The fourth-order valence-electron chi connectivity index (χ4n) is 2.51. The molecule has 2 heterocycles. The molecule has 0 saturated carbocycles. The van der Waals surface area contributed by atoms with Crippen LogP contribution < -0.4 is 5.32 Å². The van der Waals surface area contributed by atoms with E-state index in [2.05, 4.69) is 15.2 Å². The zero-order valence-corrected chi connectivity index (χ0v) is 12.1. The number of piperidine rings is 1. The number of nitrogens with zero attached hydrogens (tertiary/aromatic N) is 2. The molecular formula is C13H19Cl2N3. The van der Waals surface area contributed by atoms with Gasteiger partial charge in [0.25, 0.3) is 0 Å². The predicted octanol–water partition coefficient (Wildman–Crippen LogP) is 2.96. The van der Waals surface area contributed by atoms with Crippen LogP contribution in [-0.4, -0.2) is 36.1 Å². The molecule has 0 amide bonds. The molecule has 100 valence electrons. The molecule has 1 saturated heterocycles. The molecule has 0 bridgehead atoms. The standard InChI is InChI=1S/C13H19Cl2N3/c1-16-8-11-4-2-3-5-18(11)9-10-7-17-13(15)6-12(10)14/h6-7,11,16H,2-5,8-9H2,1H3. The lowest BCUT2D eigenvalue weighted by molar-refractivity contribution is 0.139. The minimum absolute atomic E-state index is 0.453. The third kappa shape index (κ3) is 3.58. The summed E-state index contributed by atoms with van der Waals surface area (Å²) in [5.41, 5.74) is 1.06. The summed E-state index contributed by atoms with van der Waals surface area (Å²) in [4.78, 5) is 6.60. The van der Waals surface area contributed by atoms with Crippen LogP contribution in [0.5, 0.6) is 0 Å². The lowest BCUT2D eigenvalue weighted by atomic mass is 10.0. The molecule has 0 spiro atoms. The summed E-state index contributed by atoms with van der Waals surface area (Å²) in [6, 6.07) is 2.31. The molecule has 1 aromatic rings. The highest BCUT2D eigenvalue weighted by molar-refractivity contribution is 6.34. The third-order valence-electron chi connectivity index (χ3n) is 3.46. The molecule has 1 fully saturated rings. The van der Waals surface area contributed by atoms with Crippen LogP contribution >= 0.6 is 23.2 Å². The van der Waals surface area contributed by atoms with Crippen molar-refractivity contribution in [2.24, 2.45) is 0 Å². The summed E-state index contributed by atoms with van der Waals surface area (Å²) in [5, 5.41) is 4.43. The van der Waals surface area contributed by atoms with Crippen LogP contribution in [0.25, 0.3) is 0 Å². The zero-order valence-electron chi connectivity index (χ0n) is 10.6. The van der Waals surface area contributed by atoms with Gasteiger partial charge in [-0.3, -0.25) is 4.90 Å². The van der Waals surface area contributed by atoms with Gasteiger partial charge in [-0.25, -0.2) is 4.98 Å². The average molecular weight is 288 g/mol. The van der Waals surface area contributed by atoms with Crippen molar-refractivity contribution in [3.8, 4) is 0 Å². The smallest absolute Gasteiger partial charge is 0.130 e. The molecule has 1 aliphatic heterocycles. The Bertz CT molecular complexity index is 396. The quantitative estimate of drug-likeness (QED) is 0.863. The molecule has 1 aromatic heterocycles. The van der Waals surface area contributed by atoms with E-state index in [-0.39, 0.29) is 0 Å². The van der Waals surface area contributed by atoms with Crippen LogP contribution in [0.15, 0.2) is 12.3 Å². The maximum atomic E-state index is 6.21. The number of hydrogen-bond acceptors (Lipinski definition) is 3. The largest absolute Gasteiger partial charge is 0.318 e. The first kappa shape index (κ1) is 14.1. The van der Waals surface area contributed by atoms with Gasteiger partial charge in [-0.05, 0) is 32.5 Å². The van der Waals surface area contributed by atoms with Gasteiger partial charge in [0.1, 0.15) is 5.15 Å².